The molecule has 1 N–H and O–H groups in total. The van der Waals surface area contributed by atoms with Crippen LogP contribution in [0.5, 0.6) is 17.2 Å². The molecule has 0 fully saturated rings. The summed E-state index contributed by atoms with van der Waals surface area (Å²) in [4.78, 5) is 15.6. The van der Waals surface area contributed by atoms with Crippen LogP contribution in [0.15, 0.2) is 77.2 Å². The number of carboxylic acids is 1. The van der Waals surface area contributed by atoms with Crippen LogP contribution in [0.4, 0.5) is 13.2 Å². The summed E-state index contributed by atoms with van der Waals surface area (Å²) in [5.41, 5.74) is 0.419. The fraction of sp³-hybridized carbons (Fsp3) is 0.154. The smallest absolute Gasteiger partial charge is 0.416 e. The lowest BCUT2D eigenvalue weighted by Gasteiger charge is -2.12. The van der Waals surface area contributed by atoms with Crippen molar-refractivity contribution >= 4 is 5.97 Å². The molecule has 3 aromatic carbocycles. The van der Waals surface area contributed by atoms with Gasteiger partial charge in [0.2, 0.25) is 5.89 Å². The molecule has 0 aliphatic heterocycles. The fourth-order valence-electron chi connectivity index (χ4n) is 3.32. The van der Waals surface area contributed by atoms with E-state index in [-0.39, 0.29) is 18.1 Å². The summed E-state index contributed by atoms with van der Waals surface area (Å²) < 4.78 is 55.7. The highest BCUT2D eigenvalue weighted by Crippen LogP contribution is 2.33. The van der Waals surface area contributed by atoms with Crippen LogP contribution in [0.2, 0.25) is 0 Å². The second kappa shape index (κ2) is 9.92. The Morgan fingerprint density at radius 1 is 1.00 bits per heavy atom. The fourth-order valence-corrected chi connectivity index (χ4v) is 3.32. The molecule has 0 amide bonds. The van der Waals surface area contributed by atoms with Gasteiger partial charge < -0.3 is 19.0 Å². The molecule has 180 valence electrons. The molecule has 0 radical (unpaired) electrons. The van der Waals surface area contributed by atoms with Crippen LogP contribution in [0.1, 0.15) is 27.4 Å². The standard InChI is InChI=1S/C26H20F3NO5/c1-16-21(30-24(34-16)17-9-11-19(12-10-17)26(27,28)29)13-14-33-22-7-2-3-8-23(22)35-20-6-4-5-18(15-20)25(31)32/h2-12,15H,13-14H2,1H3,(H,31,32). The predicted molar refractivity (Wildman–Crippen MR) is 121 cm³/mol. The van der Waals surface area contributed by atoms with Gasteiger partial charge in [-0.25, -0.2) is 9.78 Å². The number of ether oxygens (including phenoxy) is 2. The van der Waals surface area contributed by atoms with Gasteiger partial charge in [-0.3, -0.25) is 0 Å². The van der Waals surface area contributed by atoms with Gasteiger partial charge in [0.1, 0.15) is 11.5 Å². The number of aromatic carboxylic acids is 1. The summed E-state index contributed by atoms with van der Waals surface area (Å²) >= 11 is 0. The summed E-state index contributed by atoms with van der Waals surface area (Å²) in [6.45, 7) is 1.96. The van der Waals surface area contributed by atoms with Gasteiger partial charge >= 0.3 is 12.1 Å². The number of carboxylic acid groups (broad SMARTS) is 1. The maximum Gasteiger partial charge on any atom is 0.416 e. The van der Waals surface area contributed by atoms with Gasteiger partial charge in [0.25, 0.3) is 0 Å². The van der Waals surface area contributed by atoms with Crippen molar-refractivity contribution in [3.05, 3.63) is 95.4 Å². The van der Waals surface area contributed by atoms with Crippen LogP contribution in [-0.4, -0.2) is 22.7 Å². The zero-order chi connectivity index (χ0) is 25.0. The third-order valence-electron chi connectivity index (χ3n) is 5.11. The molecule has 1 aromatic heterocycles. The topological polar surface area (TPSA) is 81.8 Å². The van der Waals surface area contributed by atoms with E-state index < -0.39 is 17.7 Å². The molecular formula is C26H20F3NO5. The van der Waals surface area contributed by atoms with Crippen molar-refractivity contribution in [2.24, 2.45) is 0 Å². The first kappa shape index (κ1) is 23.9. The molecule has 4 aromatic rings. The molecule has 0 spiro atoms. The average Bonchev–Trinajstić information content (AvgIpc) is 3.20. The summed E-state index contributed by atoms with van der Waals surface area (Å²) in [5.74, 6) is 0.939. The number of halogens is 3. The Labute approximate surface area is 198 Å². The molecule has 0 aliphatic carbocycles. The van der Waals surface area contributed by atoms with Gasteiger partial charge in [-0.2, -0.15) is 13.2 Å². The van der Waals surface area contributed by atoms with Gasteiger partial charge in [-0.05, 0) is 61.5 Å². The third-order valence-corrected chi connectivity index (χ3v) is 5.11. The number of para-hydroxylation sites is 2. The molecule has 0 atom stereocenters. The van der Waals surface area contributed by atoms with Crippen LogP contribution < -0.4 is 9.47 Å². The number of nitrogens with zero attached hydrogens (tertiary/aromatic N) is 1. The van der Waals surface area contributed by atoms with Crippen molar-refractivity contribution in [1.29, 1.82) is 0 Å². The van der Waals surface area contributed by atoms with Crippen LogP contribution >= 0.6 is 0 Å². The number of aromatic nitrogens is 1. The molecule has 0 saturated heterocycles. The molecule has 0 unspecified atom stereocenters. The average molecular weight is 483 g/mol. The molecule has 0 bridgehead atoms. The zero-order valence-electron chi connectivity index (χ0n) is 18.5. The highest BCUT2D eigenvalue weighted by molar-refractivity contribution is 5.88. The Hall–Kier alpha value is -4.27. The first-order chi connectivity index (χ1) is 16.7. The molecule has 9 heteroatoms. The normalized spacial score (nSPS) is 11.3. The number of carbonyl (C=O) groups is 1. The maximum absolute atomic E-state index is 12.8. The van der Waals surface area contributed by atoms with Gasteiger partial charge in [-0.15, -0.1) is 0 Å². The first-order valence-corrected chi connectivity index (χ1v) is 10.6. The number of hydrogen-bond donors (Lipinski definition) is 1. The lowest BCUT2D eigenvalue weighted by molar-refractivity contribution is -0.137. The van der Waals surface area contributed by atoms with Gasteiger partial charge in [0.05, 0.1) is 23.4 Å². The van der Waals surface area contributed by atoms with Crippen LogP contribution in [0.3, 0.4) is 0 Å². The van der Waals surface area contributed by atoms with E-state index in [1.807, 2.05) is 0 Å². The van der Waals surface area contributed by atoms with Crippen molar-refractivity contribution in [2.75, 3.05) is 6.61 Å². The minimum absolute atomic E-state index is 0.103. The van der Waals surface area contributed by atoms with Crippen molar-refractivity contribution < 1.29 is 37.0 Å². The summed E-state index contributed by atoms with van der Waals surface area (Å²) in [6, 6.07) is 17.7. The van der Waals surface area contributed by atoms with Crippen LogP contribution in [-0.2, 0) is 12.6 Å². The Morgan fingerprint density at radius 2 is 1.71 bits per heavy atom. The summed E-state index contributed by atoms with van der Waals surface area (Å²) in [6.07, 6.45) is -4.02. The molecule has 0 aliphatic rings. The molecule has 6 nitrogen and oxygen atoms in total. The zero-order valence-corrected chi connectivity index (χ0v) is 18.5. The van der Waals surface area contributed by atoms with Crippen molar-refractivity contribution in [3.8, 4) is 28.7 Å². The minimum Gasteiger partial charge on any atom is -0.489 e. The van der Waals surface area contributed by atoms with Gasteiger partial charge in [0.15, 0.2) is 11.5 Å². The lowest BCUT2D eigenvalue weighted by Crippen LogP contribution is -2.04. The Balaban J connectivity index is 1.42. The second-order valence-electron chi connectivity index (χ2n) is 7.58. The predicted octanol–water partition coefficient (Wildman–Crippen LogP) is 6.78. The monoisotopic (exact) mass is 483 g/mol. The number of alkyl halides is 3. The van der Waals surface area contributed by atoms with E-state index in [9.17, 15) is 18.0 Å². The SMILES string of the molecule is Cc1oc(-c2ccc(C(F)(F)F)cc2)nc1CCOc1ccccc1Oc1cccc(C(=O)O)c1. The Kier molecular flexibility index (Phi) is 6.77. The van der Waals surface area contributed by atoms with Gasteiger partial charge in [-0.1, -0.05) is 18.2 Å². The molecule has 4 rings (SSSR count). The highest BCUT2D eigenvalue weighted by atomic mass is 19.4. The van der Waals surface area contributed by atoms with Crippen molar-refractivity contribution in [2.45, 2.75) is 19.5 Å². The lowest BCUT2D eigenvalue weighted by atomic mass is 10.1. The van der Waals surface area contributed by atoms with E-state index in [1.165, 1.54) is 24.3 Å². The largest absolute Gasteiger partial charge is 0.489 e. The highest BCUT2D eigenvalue weighted by Gasteiger charge is 2.30. The Morgan fingerprint density at radius 3 is 2.40 bits per heavy atom. The van der Waals surface area contributed by atoms with E-state index in [2.05, 4.69) is 4.98 Å². The van der Waals surface area contributed by atoms with Gasteiger partial charge in [0, 0.05) is 12.0 Å². The van der Waals surface area contributed by atoms with Crippen LogP contribution in [0, 0.1) is 6.92 Å². The van der Waals surface area contributed by atoms with E-state index in [4.69, 9.17) is 19.0 Å². The van der Waals surface area contributed by atoms with Crippen molar-refractivity contribution in [3.63, 3.8) is 0 Å². The number of rotatable bonds is 8. The van der Waals surface area contributed by atoms with E-state index in [1.54, 1.807) is 43.3 Å². The summed E-state index contributed by atoms with van der Waals surface area (Å²) in [5, 5.41) is 9.16. The van der Waals surface area contributed by atoms with Crippen LogP contribution in [0.25, 0.3) is 11.5 Å². The van der Waals surface area contributed by atoms with E-state index in [0.29, 0.717) is 40.7 Å². The van der Waals surface area contributed by atoms with E-state index >= 15 is 0 Å². The maximum atomic E-state index is 12.8. The number of aryl methyl sites for hydroxylation is 1. The first-order valence-electron chi connectivity index (χ1n) is 10.6. The van der Waals surface area contributed by atoms with Crippen molar-refractivity contribution in [1.82, 2.24) is 4.98 Å². The number of hydrogen-bond acceptors (Lipinski definition) is 5. The second-order valence-corrected chi connectivity index (χ2v) is 7.58. The quantitative estimate of drug-likeness (QED) is 0.298. The molecular weight excluding hydrogens is 463 g/mol. The number of benzene rings is 3. The third kappa shape index (κ3) is 5.81. The molecule has 35 heavy (non-hydrogen) atoms. The number of oxazole rings is 1. The molecule has 0 saturated carbocycles. The minimum atomic E-state index is -4.41. The summed E-state index contributed by atoms with van der Waals surface area (Å²) in [7, 11) is 0. The van der Waals surface area contributed by atoms with E-state index in [0.717, 1.165) is 12.1 Å². The molecule has 1 heterocycles. The Bertz CT molecular complexity index is 1330.